The standard InChI is InChI=1S/C27H26N4O3S/c1-4-20-14-21(26(35-20)31-25(32)18-8-6-5-7-9-18)24(30-27-28-16(2)12-17(3)29-27)19-10-11-22-23(13-19)34-15-33-22/h5-14,24H,4,15H2,1-3H3,(H,31,32)(H,28,29,30). The van der Waals surface area contributed by atoms with Gasteiger partial charge < -0.3 is 20.1 Å². The highest BCUT2D eigenvalue weighted by Gasteiger charge is 2.25. The Balaban J connectivity index is 1.57. The van der Waals surface area contributed by atoms with E-state index in [0.717, 1.165) is 38.8 Å². The summed E-state index contributed by atoms with van der Waals surface area (Å²) in [7, 11) is 0. The molecular formula is C27H26N4O3S. The maximum atomic E-state index is 13.0. The normalized spacial score (nSPS) is 12.9. The summed E-state index contributed by atoms with van der Waals surface area (Å²) in [4.78, 5) is 23.4. The van der Waals surface area contributed by atoms with Crippen LogP contribution in [-0.2, 0) is 6.42 Å². The lowest BCUT2D eigenvalue weighted by atomic mass is 9.99. The van der Waals surface area contributed by atoms with Crippen LogP contribution in [0.3, 0.4) is 0 Å². The van der Waals surface area contributed by atoms with E-state index in [1.54, 1.807) is 23.5 Å². The van der Waals surface area contributed by atoms with Crippen LogP contribution in [0.1, 0.15) is 50.7 Å². The van der Waals surface area contributed by atoms with Crippen molar-refractivity contribution in [2.75, 3.05) is 17.4 Å². The molecule has 3 heterocycles. The summed E-state index contributed by atoms with van der Waals surface area (Å²) in [6.07, 6.45) is 0.854. The number of ether oxygens (including phenoxy) is 2. The number of nitrogens with one attached hydrogen (secondary N) is 2. The maximum absolute atomic E-state index is 13.0. The summed E-state index contributed by atoms with van der Waals surface area (Å²) < 4.78 is 11.2. The molecule has 0 spiro atoms. The minimum absolute atomic E-state index is 0.150. The van der Waals surface area contributed by atoms with E-state index in [1.807, 2.05) is 56.3 Å². The van der Waals surface area contributed by atoms with Gasteiger partial charge in [-0.05, 0) is 62.2 Å². The predicted octanol–water partition coefficient (Wildman–Crippen LogP) is 5.90. The minimum Gasteiger partial charge on any atom is -0.454 e. The SMILES string of the molecule is CCc1cc(C(Nc2nc(C)cc(C)n2)c2ccc3c(c2)OCO3)c(NC(=O)c2ccccc2)s1. The second-order valence-corrected chi connectivity index (χ2v) is 9.47. The van der Waals surface area contributed by atoms with E-state index >= 15 is 0 Å². The molecule has 1 unspecified atom stereocenters. The summed E-state index contributed by atoms with van der Waals surface area (Å²) in [6.45, 7) is 6.20. The fourth-order valence-electron chi connectivity index (χ4n) is 4.06. The Hall–Kier alpha value is -3.91. The first-order valence-corrected chi connectivity index (χ1v) is 12.3. The van der Waals surface area contributed by atoms with Crippen LogP contribution in [0.25, 0.3) is 0 Å². The zero-order chi connectivity index (χ0) is 24.4. The Morgan fingerprint density at radius 1 is 1.00 bits per heavy atom. The van der Waals surface area contributed by atoms with Crippen LogP contribution in [-0.4, -0.2) is 22.7 Å². The van der Waals surface area contributed by atoms with Gasteiger partial charge in [-0.3, -0.25) is 4.79 Å². The number of aromatic nitrogens is 2. The van der Waals surface area contributed by atoms with Crippen molar-refractivity contribution in [3.8, 4) is 11.5 Å². The van der Waals surface area contributed by atoms with Gasteiger partial charge in [-0.25, -0.2) is 9.97 Å². The summed E-state index contributed by atoms with van der Waals surface area (Å²) in [5, 5.41) is 7.43. The Kier molecular flexibility index (Phi) is 6.37. The third kappa shape index (κ3) is 4.97. The molecule has 2 N–H and O–H groups in total. The van der Waals surface area contributed by atoms with E-state index in [4.69, 9.17) is 9.47 Å². The second-order valence-electron chi connectivity index (χ2n) is 8.34. The highest BCUT2D eigenvalue weighted by Crippen LogP contribution is 2.41. The Morgan fingerprint density at radius 3 is 2.49 bits per heavy atom. The van der Waals surface area contributed by atoms with Gasteiger partial charge in [0.05, 0.1) is 6.04 Å². The van der Waals surface area contributed by atoms with E-state index in [2.05, 4.69) is 33.6 Å². The molecule has 0 saturated carbocycles. The largest absolute Gasteiger partial charge is 0.454 e. The van der Waals surface area contributed by atoms with Crippen molar-refractivity contribution < 1.29 is 14.3 Å². The van der Waals surface area contributed by atoms with E-state index in [1.165, 1.54) is 0 Å². The molecule has 0 aliphatic carbocycles. The first-order chi connectivity index (χ1) is 17.0. The average Bonchev–Trinajstić information content (AvgIpc) is 3.49. The summed E-state index contributed by atoms with van der Waals surface area (Å²) in [5.41, 5.74) is 4.25. The van der Waals surface area contributed by atoms with E-state index in [-0.39, 0.29) is 18.7 Å². The third-order valence-electron chi connectivity index (χ3n) is 5.72. The Morgan fingerprint density at radius 2 is 1.74 bits per heavy atom. The molecule has 2 aromatic heterocycles. The Bertz CT molecular complexity index is 1350. The molecule has 0 saturated heterocycles. The molecule has 1 aliphatic rings. The number of carbonyl (C=O) groups excluding carboxylic acids is 1. The summed E-state index contributed by atoms with van der Waals surface area (Å²) in [6, 6.07) is 18.8. The van der Waals surface area contributed by atoms with Crippen LogP contribution >= 0.6 is 11.3 Å². The quantitative estimate of drug-likeness (QED) is 0.338. The van der Waals surface area contributed by atoms with Gasteiger partial charge in [-0.15, -0.1) is 11.3 Å². The van der Waals surface area contributed by atoms with Gasteiger partial charge in [0.1, 0.15) is 5.00 Å². The van der Waals surface area contributed by atoms with Gasteiger partial charge in [0.15, 0.2) is 11.5 Å². The topological polar surface area (TPSA) is 85.4 Å². The van der Waals surface area contributed by atoms with Gasteiger partial charge >= 0.3 is 0 Å². The zero-order valence-electron chi connectivity index (χ0n) is 19.8. The molecule has 0 radical (unpaired) electrons. The average molecular weight is 487 g/mol. The second kappa shape index (κ2) is 9.76. The number of hydrogen-bond donors (Lipinski definition) is 2. The van der Waals surface area contributed by atoms with E-state index < -0.39 is 0 Å². The molecule has 4 aromatic rings. The van der Waals surface area contributed by atoms with Crippen molar-refractivity contribution in [2.24, 2.45) is 0 Å². The summed E-state index contributed by atoms with van der Waals surface area (Å²) in [5.74, 6) is 1.78. The Labute approximate surface area is 208 Å². The van der Waals surface area contributed by atoms with Gasteiger partial charge in [0.2, 0.25) is 12.7 Å². The number of hydrogen-bond acceptors (Lipinski definition) is 7. The molecule has 1 aliphatic heterocycles. The number of rotatable bonds is 7. The van der Waals surface area contributed by atoms with Crippen LogP contribution in [0.15, 0.2) is 60.7 Å². The molecule has 5 rings (SSSR count). The maximum Gasteiger partial charge on any atom is 0.256 e. The highest BCUT2D eigenvalue weighted by atomic mass is 32.1. The lowest BCUT2D eigenvalue weighted by Crippen LogP contribution is -2.18. The molecule has 1 atom stereocenters. The van der Waals surface area contributed by atoms with Crippen molar-refractivity contribution in [1.82, 2.24) is 9.97 Å². The molecule has 1 amide bonds. The molecule has 8 heteroatoms. The molecule has 2 aromatic carbocycles. The van der Waals surface area contributed by atoms with Crippen LogP contribution in [0, 0.1) is 13.8 Å². The molecule has 178 valence electrons. The number of aryl methyl sites for hydroxylation is 3. The zero-order valence-corrected chi connectivity index (χ0v) is 20.6. The van der Waals surface area contributed by atoms with Crippen molar-refractivity contribution >= 4 is 28.2 Å². The first kappa shape index (κ1) is 22.9. The van der Waals surface area contributed by atoms with Crippen molar-refractivity contribution in [3.63, 3.8) is 0 Å². The van der Waals surface area contributed by atoms with Gasteiger partial charge in [0.25, 0.3) is 5.91 Å². The number of amides is 1. The van der Waals surface area contributed by atoms with Crippen LogP contribution in [0.5, 0.6) is 11.5 Å². The molecule has 0 fully saturated rings. The van der Waals surface area contributed by atoms with Crippen molar-refractivity contribution in [1.29, 1.82) is 0 Å². The molecule has 0 bridgehead atoms. The van der Waals surface area contributed by atoms with Crippen LogP contribution < -0.4 is 20.1 Å². The third-order valence-corrected chi connectivity index (χ3v) is 6.93. The molecular weight excluding hydrogens is 460 g/mol. The van der Waals surface area contributed by atoms with Crippen LogP contribution in [0.4, 0.5) is 10.9 Å². The van der Waals surface area contributed by atoms with Gasteiger partial charge in [0, 0.05) is 27.4 Å². The van der Waals surface area contributed by atoms with Crippen molar-refractivity contribution in [3.05, 3.63) is 93.6 Å². The lowest BCUT2D eigenvalue weighted by molar-refractivity contribution is 0.102. The number of benzene rings is 2. The fraction of sp³-hybridized carbons (Fsp3) is 0.222. The van der Waals surface area contributed by atoms with Crippen LogP contribution in [0.2, 0.25) is 0 Å². The monoisotopic (exact) mass is 486 g/mol. The fourth-order valence-corrected chi connectivity index (χ4v) is 5.09. The van der Waals surface area contributed by atoms with Crippen molar-refractivity contribution in [2.45, 2.75) is 33.2 Å². The van der Waals surface area contributed by atoms with Gasteiger partial charge in [-0.1, -0.05) is 31.2 Å². The highest BCUT2D eigenvalue weighted by molar-refractivity contribution is 7.16. The van der Waals surface area contributed by atoms with E-state index in [9.17, 15) is 4.79 Å². The smallest absolute Gasteiger partial charge is 0.256 e. The summed E-state index contributed by atoms with van der Waals surface area (Å²) >= 11 is 1.58. The minimum atomic E-state index is -0.326. The number of anilines is 2. The number of thiophene rings is 1. The first-order valence-electron chi connectivity index (χ1n) is 11.5. The number of carbonyl (C=O) groups is 1. The number of nitrogens with zero attached hydrogens (tertiary/aromatic N) is 2. The lowest BCUT2D eigenvalue weighted by Gasteiger charge is -2.21. The van der Waals surface area contributed by atoms with Gasteiger partial charge in [-0.2, -0.15) is 0 Å². The number of fused-ring (bicyclic) bond motifs is 1. The molecule has 7 nitrogen and oxygen atoms in total. The molecule has 35 heavy (non-hydrogen) atoms. The predicted molar refractivity (Wildman–Crippen MR) is 138 cm³/mol. The van der Waals surface area contributed by atoms with E-state index in [0.29, 0.717) is 23.0 Å².